The molecule has 11 nitrogen and oxygen atoms in total. The molecule has 0 bridgehead atoms. The van der Waals surface area contributed by atoms with Crippen LogP contribution in [0, 0.1) is 17.2 Å². The lowest BCUT2D eigenvalue weighted by Crippen LogP contribution is -2.55. The Morgan fingerprint density at radius 2 is 1.43 bits per heavy atom. The monoisotopic (exact) mass is 626 g/mol. The maximum Gasteiger partial charge on any atom is 0.243 e. The molecule has 1 fully saturated rings. The second kappa shape index (κ2) is 16.4. The summed E-state index contributed by atoms with van der Waals surface area (Å²) in [5, 5.41) is 15.6. The number of benzene rings is 3. The maximum atomic E-state index is 14.2. The fraction of sp³-hybridized carbons (Fsp3) is 0.400. The third kappa shape index (κ3) is 9.79. The summed E-state index contributed by atoms with van der Waals surface area (Å²) in [4.78, 5) is 44.2. The lowest BCUT2D eigenvalue weighted by Gasteiger charge is -2.31. The first-order valence-electron chi connectivity index (χ1n) is 16.0. The molecular formula is C35H46N8O3. The predicted molar refractivity (Wildman–Crippen MR) is 182 cm³/mol. The number of carbonyl (C=O) groups excluding carboxylic acids is 3. The molecule has 0 spiro atoms. The fourth-order valence-corrected chi connectivity index (χ4v) is 6.24. The van der Waals surface area contributed by atoms with Crippen LogP contribution in [-0.4, -0.2) is 48.1 Å². The van der Waals surface area contributed by atoms with E-state index >= 15 is 0 Å². The Morgan fingerprint density at radius 3 is 2.09 bits per heavy atom. The molecule has 0 heterocycles. The van der Waals surface area contributed by atoms with Crippen LogP contribution in [0.1, 0.15) is 61.6 Å². The van der Waals surface area contributed by atoms with Gasteiger partial charge < -0.3 is 33.6 Å². The van der Waals surface area contributed by atoms with E-state index in [1.54, 1.807) is 12.1 Å². The van der Waals surface area contributed by atoms with Gasteiger partial charge in [0.2, 0.25) is 17.7 Å². The van der Waals surface area contributed by atoms with Crippen molar-refractivity contribution in [1.82, 2.24) is 10.6 Å². The average molecular weight is 627 g/mol. The van der Waals surface area contributed by atoms with E-state index in [1.165, 1.54) is 0 Å². The minimum atomic E-state index is -0.952. The van der Waals surface area contributed by atoms with Crippen molar-refractivity contribution in [2.24, 2.45) is 39.8 Å². The number of aliphatic imine (C=N–C) groups is 1. The molecule has 11 N–H and O–H groups in total. The molecule has 11 heteroatoms. The molecule has 244 valence electrons. The second-order valence-electron chi connectivity index (χ2n) is 12.2. The molecule has 3 aromatic rings. The van der Waals surface area contributed by atoms with Crippen molar-refractivity contribution >= 4 is 40.3 Å². The van der Waals surface area contributed by atoms with Gasteiger partial charge >= 0.3 is 0 Å². The van der Waals surface area contributed by atoms with Crippen molar-refractivity contribution in [2.45, 2.75) is 69.9 Å². The van der Waals surface area contributed by atoms with Gasteiger partial charge in [0.05, 0.1) is 0 Å². The maximum absolute atomic E-state index is 14.2. The van der Waals surface area contributed by atoms with E-state index in [4.69, 9.17) is 28.3 Å². The van der Waals surface area contributed by atoms with E-state index < -0.39 is 23.9 Å². The predicted octanol–water partition coefficient (Wildman–Crippen LogP) is 2.61. The van der Waals surface area contributed by atoms with E-state index in [0.717, 1.165) is 54.0 Å². The van der Waals surface area contributed by atoms with Gasteiger partial charge in [0.15, 0.2) is 5.96 Å². The molecule has 1 aliphatic rings. The van der Waals surface area contributed by atoms with Crippen molar-refractivity contribution in [3.63, 3.8) is 0 Å². The number of guanidine groups is 1. The van der Waals surface area contributed by atoms with Crippen LogP contribution in [0.25, 0.3) is 10.8 Å². The van der Waals surface area contributed by atoms with Gasteiger partial charge in [-0.3, -0.25) is 24.8 Å². The highest BCUT2D eigenvalue weighted by atomic mass is 16.2. The number of hydrogen-bond donors (Lipinski definition) is 7. The number of primary amides is 1. The first kappa shape index (κ1) is 34.0. The Bertz CT molecular complexity index is 1540. The summed E-state index contributed by atoms with van der Waals surface area (Å²) in [6.45, 7) is 0.287. The molecule has 0 saturated heterocycles. The minimum Gasteiger partial charge on any atom is -0.384 e. The molecular weight excluding hydrogens is 580 g/mol. The number of carbonyl (C=O) groups is 3. The van der Waals surface area contributed by atoms with Crippen molar-refractivity contribution in [3.8, 4) is 0 Å². The fourth-order valence-electron chi connectivity index (χ4n) is 6.24. The molecule has 1 unspecified atom stereocenters. The summed E-state index contributed by atoms with van der Waals surface area (Å²) in [7, 11) is 0. The number of amides is 3. The quantitative estimate of drug-likeness (QED) is 0.0764. The summed E-state index contributed by atoms with van der Waals surface area (Å²) in [6.07, 6.45) is 6.52. The van der Waals surface area contributed by atoms with Crippen LogP contribution in [0.2, 0.25) is 0 Å². The number of nitrogens with zero attached hydrogens (tertiary/aromatic N) is 1. The highest BCUT2D eigenvalue weighted by Gasteiger charge is 2.33. The summed E-state index contributed by atoms with van der Waals surface area (Å²) in [5.74, 6) is -1.63. The summed E-state index contributed by atoms with van der Waals surface area (Å²) in [6, 6.07) is 19.4. The Hall–Kier alpha value is -4.93. The highest BCUT2D eigenvalue weighted by Crippen LogP contribution is 2.32. The van der Waals surface area contributed by atoms with E-state index in [9.17, 15) is 14.4 Å². The van der Waals surface area contributed by atoms with Gasteiger partial charge in [0, 0.05) is 24.4 Å². The lowest BCUT2D eigenvalue weighted by atomic mass is 9.76. The number of nitrogens with one attached hydrogen (secondary N) is 3. The van der Waals surface area contributed by atoms with Crippen LogP contribution >= 0.6 is 0 Å². The van der Waals surface area contributed by atoms with Crippen LogP contribution < -0.4 is 33.6 Å². The van der Waals surface area contributed by atoms with E-state index in [2.05, 4.69) is 15.6 Å². The molecule has 0 radical (unpaired) electrons. The standard InChI is InChI=1S/C35H46N8O3/c36-31(37)26-16-12-22(13-17-26)20-28(25-8-2-1-3-9-25)33(45)43-30(21-23-14-15-24-7-4-5-10-27(24)19-23)34(46)42-29(32(38)44)11-6-18-41-35(39)40/h4-5,7,10,12-17,19,25,28-30H,1-3,6,8-9,11,18,20-21H2,(H3,36,37)(H2,38,44)(H,42,46)(H,43,45)(H4,39,40,41)/t28-,29?,30-/m0/s1. The number of amidine groups is 1. The second-order valence-corrected chi connectivity index (χ2v) is 12.2. The topological polar surface area (TPSA) is 216 Å². The third-order valence-corrected chi connectivity index (χ3v) is 8.77. The molecule has 0 aromatic heterocycles. The zero-order valence-corrected chi connectivity index (χ0v) is 26.2. The molecule has 4 rings (SSSR count). The minimum absolute atomic E-state index is 0.0128. The number of nitrogen functional groups attached to an aromatic ring is 1. The van der Waals surface area contributed by atoms with Crippen LogP contribution in [0.15, 0.2) is 71.7 Å². The third-order valence-electron chi connectivity index (χ3n) is 8.77. The molecule has 3 amide bonds. The summed E-state index contributed by atoms with van der Waals surface area (Å²) < 4.78 is 0. The molecule has 1 aliphatic carbocycles. The van der Waals surface area contributed by atoms with Crippen LogP contribution in [0.3, 0.4) is 0 Å². The van der Waals surface area contributed by atoms with Crippen molar-refractivity contribution in [3.05, 3.63) is 83.4 Å². The Balaban J connectivity index is 1.58. The van der Waals surface area contributed by atoms with Gasteiger partial charge in [-0.2, -0.15) is 0 Å². The van der Waals surface area contributed by atoms with Gasteiger partial charge in [0.25, 0.3) is 0 Å². The Labute approximate surface area is 270 Å². The zero-order chi connectivity index (χ0) is 33.1. The Morgan fingerprint density at radius 1 is 0.783 bits per heavy atom. The summed E-state index contributed by atoms with van der Waals surface area (Å²) in [5.41, 5.74) is 24.6. The number of rotatable bonds is 15. The van der Waals surface area contributed by atoms with Crippen LogP contribution in [-0.2, 0) is 27.2 Å². The number of hydrogen-bond acceptors (Lipinski definition) is 5. The molecule has 3 aromatic carbocycles. The highest BCUT2D eigenvalue weighted by molar-refractivity contribution is 5.95. The average Bonchev–Trinajstić information content (AvgIpc) is 3.04. The van der Waals surface area contributed by atoms with E-state index in [1.807, 2.05) is 54.6 Å². The van der Waals surface area contributed by atoms with Gasteiger partial charge in [-0.25, -0.2) is 0 Å². The van der Waals surface area contributed by atoms with E-state index in [-0.39, 0.29) is 48.9 Å². The normalized spacial score (nSPS) is 15.3. The molecule has 46 heavy (non-hydrogen) atoms. The van der Waals surface area contributed by atoms with Crippen LogP contribution in [0.4, 0.5) is 0 Å². The zero-order valence-electron chi connectivity index (χ0n) is 26.2. The van der Waals surface area contributed by atoms with E-state index in [0.29, 0.717) is 18.4 Å². The number of fused-ring (bicyclic) bond motifs is 1. The van der Waals surface area contributed by atoms with Crippen molar-refractivity contribution in [2.75, 3.05) is 6.54 Å². The molecule has 1 saturated carbocycles. The number of nitrogens with two attached hydrogens (primary N) is 4. The SMILES string of the molecule is N=C(N)c1ccc(C[C@H](C(=O)N[C@@H](Cc2ccc3ccccc3c2)C(=O)NC(CCCN=C(N)N)C(N)=O)C2CCCCC2)cc1. The van der Waals surface area contributed by atoms with Gasteiger partial charge in [-0.15, -0.1) is 0 Å². The first-order valence-corrected chi connectivity index (χ1v) is 16.0. The van der Waals surface area contributed by atoms with Crippen molar-refractivity contribution < 1.29 is 14.4 Å². The van der Waals surface area contributed by atoms with Crippen molar-refractivity contribution in [1.29, 1.82) is 5.41 Å². The Kier molecular flexibility index (Phi) is 12.1. The van der Waals surface area contributed by atoms with Crippen LogP contribution in [0.5, 0.6) is 0 Å². The summed E-state index contributed by atoms with van der Waals surface area (Å²) >= 11 is 0. The largest absolute Gasteiger partial charge is 0.384 e. The van der Waals surface area contributed by atoms with Gasteiger partial charge in [0.1, 0.15) is 17.9 Å². The molecule has 0 aliphatic heterocycles. The lowest BCUT2D eigenvalue weighted by molar-refractivity contribution is -0.133. The van der Waals surface area contributed by atoms with Gasteiger partial charge in [-0.1, -0.05) is 86.0 Å². The first-order chi connectivity index (χ1) is 22.1. The van der Waals surface area contributed by atoms with Gasteiger partial charge in [-0.05, 0) is 59.9 Å². The smallest absolute Gasteiger partial charge is 0.243 e. The molecule has 3 atom stereocenters.